The third-order valence-corrected chi connectivity index (χ3v) is 6.43. The lowest BCUT2D eigenvalue weighted by molar-refractivity contribution is 0.0417. The molecule has 3 aliphatic heterocycles. The Morgan fingerprint density at radius 3 is 2.64 bits per heavy atom. The van der Waals surface area contributed by atoms with Crippen LogP contribution < -0.4 is 4.90 Å². The number of rotatable bonds is 3. The van der Waals surface area contributed by atoms with Gasteiger partial charge in [-0.2, -0.15) is 10.1 Å². The number of anilines is 1. The van der Waals surface area contributed by atoms with E-state index >= 15 is 0 Å². The zero-order valence-electron chi connectivity index (χ0n) is 14.8. The summed E-state index contributed by atoms with van der Waals surface area (Å²) in [5.74, 6) is 1.45. The number of hydrogen-bond acceptors (Lipinski definition) is 6. The zero-order chi connectivity index (χ0) is 16.8. The highest BCUT2D eigenvalue weighted by atomic mass is 16.5. The quantitative estimate of drug-likeness (QED) is 0.853. The Kier molecular flexibility index (Phi) is 3.77. The molecule has 5 heterocycles. The molecule has 2 bridgehead atoms. The van der Waals surface area contributed by atoms with Gasteiger partial charge in [-0.05, 0) is 51.0 Å². The third-order valence-electron chi connectivity index (χ3n) is 6.43. The zero-order valence-corrected chi connectivity index (χ0v) is 14.8. The molecule has 3 unspecified atom stereocenters. The van der Waals surface area contributed by atoms with Crippen LogP contribution in [0.25, 0.3) is 0 Å². The smallest absolute Gasteiger partial charge is 0.321 e. The summed E-state index contributed by atoms with van der Waals surface area (Å²) in [7, 11) is 0. The Bertz CT molecular complexity index is 705. The van der Waals surface area contributed by atoms with Crippen LogP contribution in [0.2, 0.25) is 0 Å². The Hall–Kier alpha value is -1.89. The van der Waals surface area contributed by atoms with Crippen molar-refractivity contribution in [2.75, 3.05) is 24.5 Å². The number of fused-ring (bicyclic) bond motifs is 3. The van der Waals surface area contributed by atoms with E-state index < -0.39 is 0 Å². The van der Waals surface area contributed by atoms with Crippen LogP contribution in [0.1, 0.15) is 44.0 Å². The maximum atomic E-state index is 5.43. The molecule has 3 saturated heterocycles. The molecule has 7 nitrogen and oxygen atoms in total. The molecule has 2 aromatic heterocycles. The Morgan fingerprint density at radius 2 is 2.00 bits per heavy atom. The van der Waals surface area contributed by atoms with Crippen LogP contribution in [-0.4, -0.2) is 56.5 Å². The monoisotopic (exact) mass is 342 g/mol. The molecule has 0 N–H and O–H groups in total. The maximum Gasteiger partial charge on any atom is 0.324 e. The molecular weight excluding hydrogens is 316 g/mol. The summed E-state index contributed by atoms with van der Waals surface area (Å²) in [6.07, 6.45) is 10.2. The van der Waals surface area contributed by atoms with Crippen LogP contribution in [0, 0.1) is 12.8 Å². The summed E-state index contributed by atoms with van der Waals surface area (Å²) >= 11 is 0. The van der Waals surface area contributed by atoms with E-state index in [0.29, 0.717) is 12.1 Å². The molecule has 3 atom stereocenters. The summed E-state index contributed by atoms with van der Waals surface area (Å²) in [6.45, 7) is 5.34. The summed E-state index contributed by atoms with van der Waals surface area (Å²) in [5.41, 5.74) is 0. The molecule has 6 rings (SSSR count). The molecular formula is C18H26N6O. The molecule has 0 radical (unpaired) electrons. The van der Waals surface area contributed by atoms with Gasteiger partial charge in [-0.25, -0.2) is 0 Å². The fourth-order valence-corrected chi connectivity index (χ4v) is 5.15. The second-order valence-corrected chi connectivity index (χ2v) is 7.82. The van der Waals surface area contributed by atoms with Gasteiger partial charge in [-0.15, -0.1) is 0 Å². The first-order chi connectivity index (χ1) is 12.3. The van der Waals surface area contributed by atoms with Crippen molar-refractivity contribution in [3.63, 3.8) is 0 Å². The second kappa shape index (κ2) is 6.12. The maximum absolute atomic E-state index is 5.43. The Labute approximate surface area is 148 Å². The number of likely N-dealkylation sites (tertiary alicyclic amines) is 1. The van der Waals surface area contributed by atoms with E-state index in [1.54, 1.807) is 0 Å². The standard InChI is InChI=1S/C18H26N6O/c1-13-20-18(25-21-13)23-12-14-3-4-16(23)11-17(14)22-9-5-15(6-10-22)24-8-2-7-19-24/h2,7-8,14-17H,3-6,9-12H2,1H3. The minimum Gasteiger partial charge on any atom is -0.321 e. The first-order valence-electron chi connectivity index (χ1n) is 9.58. The van der Waals surface area contributed by atoms with Gasteiger partial charge in [0.25, 0.3) is 0 Å². The molecule has 7 heteroatoms. The summed E-state index contributed by atoms with van der Waals surface area (Å²) in [5, 5.41) is 8.40. The van der Waals surface area contributed by atoms with E-state index in [0.717, 1.165) is 30.3 Å². The lowest BCUT2D eigenvalue weighted by atomic mass is 9.75. The Balaban J connectivity index is 1.24. The molecule has 1 aliphatic carbocycles. The van der Waals surface area contributed by atoms with E-state index in [4.69, 9.17) is 4.52 Å². The number of hydrogen-bond donors (Lipinski definition) is 0. The van der Waals surface area contributed by atoms with E-state index in [9.17, 15) is 0 Å². The van der Waals surface area contributed by atoms with Crippen LogP contribution in [0.3, 0.4) is 0 Å². The number of nitrogens with zero attached hydrogens (tertiary/aromatic N) is 6. The van der Waals surface area contributed by atoms with Gasteiger partial charge in [-0.1, -0.05) is 5.16 Å². The van der Waals surface area contributed by atoms with Crippen molar-refractivity contribution in [1.82, 2.24) is 24.8 Å². The van der Waals surface area contributed by atoms with Crippen LogP contribution in [0.15, 0.2) is 23.0 Å². The van der Waals surface area contributed by atoms with Crippen molar-refractivity contribution in [1.29, 1.82) is 0 Å². The normalized spacial score (nSPS) is 30.9. The average Bonchev–Trinajstić information content (AvgIpc) is 3.34. The molecule has 0 aromatic carbocycles. The minimum atomic E-state index is 0.554. The molecule has 2 aromatic rings. The van der Waals surface area contributed by atoms with E-state index in [1.807, 2.05) is 19.2 Å². The number of aromatic nitrogens is 4. The van der Waals surface area contributed by atoms with Gasteiger partial charge >= 0.3 is 6.01 Å². The number of piperidine rings is 3. The topological polar surface area (TPSA) is 63.2 Å². The predicted molar refractivity (Wildman–Crippen MR) is 93.4 cm³/mol. The van der Waals surface area contributed by atoms with Gasteiger partial charge in [0, 0.05) is 44.1 Å². The van der Waals surface area contributed by atoms with Crippen molar-refractivity contribution in [3.8, 4) is 0 Å². The highest BCUT2D eigenvalue weighted by molar-refractivity contribution is 5.31. The highest BCUT2D eigenvalue weighted by Crippen LogP contribution is 2.41. The average molecular weight is 342 g/mol. The van der Waals surface area contributed by atoms with Crippen molar-refractivity contribution in [3.05, 3.63) is 24.3 Å². The summed E-state index contributed by atoms with van der Waals surface area (Å²) in [4.78, 5) is 9.56. The summed E-state index contributed by atoms with van der Waals surface area (Å²) < 4.78 is 7.58. The first-order valence-corrected chi connectivity index (χ1v) is 9.58. The van der Waals surface area contributed by atoms with Gasteiger partial charge in [-0.3, -0.25) is 9.58 Å². The highest BCUT2D eigenvalue weighted by Gasteiger charge is 2.44. The molecule has 0 spiro atoms. The van der Waals surface area contributed by atoms with Crippen molar-refractivity contribution in [2.24, 2.45) is 5.92 Å². The van der Waals surface area contributed by atoms with Gasteiger partial charge in [0.05, 0.1) is 6.04 Å². The lowest BCUT2D eigenvalue weighted by Gasteiger charge is -2.53. The largest absolute Gasteiger partial charge is 0.324 e. The van der Waals surface area contributed by atoms with Gasteiger partial charge in [0.2, 0.25) is 0 Å². The van der Waals surface area contributed by atoms with E-state index in [2.05, 4.69) is 35.9 Å². The summed E-state index contributed by atoms with van der Waals surface area (Å²) in [6, 6.07) is 4.60. The molecule has 134 valence electrons. The number of aryl methyl sites for hydroxylation is 1. The van der Waals surface area contributed by atoms with Crippen molar-refractivity contribution >= 4 is 6.01 Å². The predicted octanol–water partition coefficient (Wildman–Crippen LogP) is 2.27. The molecule has 25 heavy (non-hydrogen) atoms. The minimum absolute atomic E-state index is 0.554. The van der Waals surface area contributed by atoms with Crippen molar-refractivity contribution < 1.29 is 4.52 Å². The van der Waals surface area contributed by atoms with Gasteiger partial charge < -0.3 is 9.42 Å². The SMILES string of the molecule is Cc1noc(N2CC3CCC2CC3N2CCC(n3cccn3)CC2)n1. The molecule has 4 aliphatic rings. The lowest BCUT2D eigenvalue weighted by Crippen LogP contribution is -2.60. The fourth-order valence-electron chi connectivity index (χ4n) is 5.15. The van der Waals surface area contributed by atoms with Crippen molar-refractivity contribution in [2.45, 2.75) is 57.2 Å². The molecule has 0 amide bonds. The van der Waals surface area contributed by atoms with Gasteiger partial charge in [0.15, 0.2) is 5.82 Å². The second-order valence-electron chi connectivity index (χ2n) is 7.82. The Morgan fingerprint density at radius 1 is 1.12 bits per heavy atom. The third kappa shape index (κ3) is 2.74. The molecule has 4 fully saturated rings. The molecule has 1 saturated carbocycles. The van der Waals surface area contributed by atoms with Gasteiger partial charge in [0.1, 0.15) is 0 Å². The van der Waals surface area contributed by atoms with Crippen LogP contribution in [0.5, 0.6) is 0 Å². The van der Waals surface area contributed by atoms with Crippen LogP contribution in [-0.2, 0) is 0 Å². The fraction of sp³-hybridized carbons (Fsp3) is 0.722. The van der Waals surface area contributed by atoms with E-state index in [1.165, 1.54) is 45.2 Å². The first kappa shape index (κ1) is 15.4. The van der Waals surface area contributed by atoms with E-state index in [-0.39, 0.29) is 0 Å². The van der Waals surface area contributed by atoms with Crippen LogP contribution >= 0.6 is 0 Å². The van der Waals surface area contributed by atoms with Crippen LogP contribution in [0.4, 0.5) is 6.01 Å².